The molecule has 0 amide bonds. The molecule has 0 atom stereocenters. The number of ether oxygens (including phenoxy) is 1. The summed E-state index contributed by atoms with van der Waals surface area (Å²) < 4.78 is 5.30. The standard InChI is InChI=1S/C10H17ClN4O/c1-10(2,16-4)5-13-9-7(12-3)8(11)14-6-15-9/h6,12H,5H2,1-4H3,(H,13,14,15). The van der Waals surface area contributed by atoms with E-state index in [0.717, 1.165) is 0 Å². The highest BCUT2D eigenvalue weighted by Gasteiger charge is 2.17. The van der Waals surface area contributed by atoms with E-state index < -0.39 is 0 Å². The van der Waals surface area contributed by atoms with Crippen molar-refractivity contribution in [3.63, 3.8) is 0 Å². The summed E-state index contributed by atoms with van der Waals surface area (Å²) in [7, 11) is 3.45. The summed E-state index contributed by atoms with van der Waals surface area (Å²) in [6, 6.07) is 0. The van der Waals surface area contributed by atoms with E-state index in [1.54, 1.807) is 14.2 Å². The van der Waals surface area contributed by atoms with E-state index in [1.165, 1.54) is 6.33 Å². The number of halogens is 1. The number of hydrogen-bond donors (Lipinski definition) is 2. The number of aromatic nitrogens is 2. The molecule has 0 aliphatic heterocycles. The average Bonchev–Trinajstić information content (AvgIpc) is 2.26. The first kappa shape index (κ1) is 13.0. The van der Waals surface area contributed by atoms with Gasteiger partial charge in [0.05, 0.1) is 5.60 Å². The van der Waals surface area contributed by atoms with Crippen LogP contribution in [0.2, 0.25) is 5.15 Å². The van der Waals surface area contributed by atoms with E-state index in [4.69, 9.17) is 16.3 Å². The van der Waals surface area contributed by atoms with Crippen molar-refractivity contribution in [2.75, 3.05) is 31.3 Å². The second-order valence-electron chi connectivity index (χ2n) is 3.96. The van der Waals surface area contributed by atoms with Crippen LogP contribution in [0.4, 0.5) is 11.5 Å². The third-order valence-electron chi connectivity index (χ3n) is 2.29. The fourth-order valence-electron chi connectivity index (χ4n) is 1.09. The van der Waals surface area contributed by atoms with E-state index in [0.29, 0.717) is 23.2 Å². The number of hydrogen-bond acceptors (Lipinski definition) is 5. The number of anilines is 2. The molecule has 0 aliphatic carbocycles. The lowest BCUT2D eigenvalue weighted by Gasteiger charge is -2.24. The van der Waals surface area contributed by atoms with E-state index in [9.17, 15) is 0 Å². The maximum absolute atomic E-state index is 5.93. The fourth-order valence-corrected chi connectivity index (χ4v) is 1.32. The van der Waals surface area contributed by atoms with Crippen molar-refractivity contribution in [1.82, 2.24) is 9.97 Å². The Morgan fingerprint density at radius 1 is 1.44 bits per heavy atom. The first-order chi connectivity index (χ1) is 7.50. The van der Waals surface area contributed by atoms with Crippen LogP contribution in [0.1, 0.15) is 13.8 Å². The SMILES string of the molecule is CNc1c(Cl)ncnc1NCC(C)(C)OC. The molecule has 16 heavy (non-hydrogen) atoms. The van der Waals surface area contributed by atoms with Gasteiger partial charge in [-0.1, -0.05) is 11.6 Å². The van der Waals surface area contributed by atoms with Gasteiger partial charge in [-0.05, 0) is 13.8 Å². The zero-order valence-electron chi connectivity index (χ0n) is 9.97. The molecule has 1 heterocycles. The van der Waals surface area contributed by atoms with Crippen molar-refractivity contribution in [3.05, 3.63) is 11.5 Å². The lowest BCUT2D eigenvalue weighted by Crippen LogP contribution is -2.32. The summed E-state index contributed by atoms with van der Waals surface area (Å²) in [5.74, 6) is 0.674. The predicted molar refractivity (Wildman–Crippen MR) is 66.2 cm³/mol. The molecule has 0 radical (unpaired) electrons. The molecule has 90 valence electrons. The smallest absolute Gasteiger partial charge is 0.157 e. The Labute approximate surface area is 101 Å². The van der Waals surface area contributed by atoms with Gasteiger partial charge in [0.2, 0.25) is 0 Å². The lowest BCUT2D eigenvalue weighted by atomic mass is 10.1. The van der Waals surface area contributed by atoms with Gasteiger partial charge in [-0.15, -0.1) is 0 Å². The van der Waals surface area contributed by atoms with Crippen LogP contribution in [0.15, 0.2) is 6.33 Å². The second kappa shape index (κ2) is 5.32. The molecule has 0 saturated heterocycles. The highest BCUT2D eigenvalue weighted by atomic mass is 35.5. The highest BCUT2D eigenvalue weighted by molar-refractivity contribution is 6.32. The fraction of sp³-hybridized carbons (Fsp3) is 0.600. The van der Waals surface area contributed by atoms with Gasteiger partial charge in [0, 0.05) is 20.7 Å². The number of nitrogens with one attached hydrogen (secondary N) is 2. The Hall–Kier alpha value is -1.07. The van der Waals surface area contributed by atoms with Crippen molar-refractivity contribution in [2.24, 2.45) is 0 Å². The van der Waals surface area contributed by atoms with Crippen LogP contribution < -0.4 is 10.6 Å². The van der Waals surface area contributed by atoms with Crippen LogP contribution in [-0.4, -0.2) is 36.3 Å². The Kier molecular flexibility index (Phi) is 4.32. The molecule has 0 aliphatic rings. The van der Waals surface area contributed by atoms with Crippen molar-refractivity contribution in [1.29, 1.82) is 0 Å². The molecular formula is C10H17ClN4O. The summed E-state index contributed by atoms with van der Waals surface area (Å²) in [5, 5.41) is 6.53. The van der Waals surface area contributed by atoms with Crippen LogP contribution in [0.3, 0.4) is 0 Å². The molecule has 2 N–H and O–H groups in total. The van der Waals surface area contributed by atoms with Crippen LogP contribution in [-0.2, 0) is 4.74 Å². The van der Waals surface area contributed by atoms with E-state index in [-0.39, 0.29) is 5.60 Å². The Morgan fingerprint density at radius 2 is 2.12 bits per heavy atom. The minimum atomic E-state index is -0.261. The van der Waals surface area contributed by atoms with Crippen molar-refractivity contribution >= 4 is 23.1 Å². The molecule has 0 unspecified atom stereocenters. The number of nitrogens with zero attached hydrogens (tertiary/aromatic N) is 2. The van der Waals surface area contributed by atoms with E-state index in [2.05, 4.69) is 20.6 Å². The molecule has 0 spiro atoms. The van der Waals surface area contributed by atoms with Crippen LogP contribution in [0, 0.1) is 0 Å². The van der Waals surface area contributed by atoms with Crippen molar-refractivity contribution < 1.29 is 4.74 Å². The highest BCUT2D eigenvalue weighted by Crippen LogP contribution is 2.25. The predicted octanol–water partition coefficient (Wildman–Crippen LogP) is 2.01. The second-order valence-corrected chi connectivity index (χ2v) is 4.31. The van der Waals surface area contributed by atoms with Gasteiger partial charge in [0.15, 0.2) is 11.0 Å². The molecule has 1 aromatic heterocycles. The van der Waals surface area contributed by atoms with Gasteiger partial charge in [-0.3, -0.25) is 0 Å². The molecule has 0 bridgehead atoms. The normalized spacial score (nSPS) is 11.3. The van der Waals surface area contributed by atoms with E-state index in [1.807, 2.05) is 13.8 Å². The number of methoxy groups -OCH3 is 1. The molecular weight excluding hydrogens is 228 g/mol. The molecule has 1 rings (SSSR count). The van der Waals surface area contributed by atoms with Crippen LogP contribution >= 0.6 is 11.6 Å². The summed E-state index contributed by atoms with van der Waals surface area (Å²) in [6.07, 6.45) is 1.42. The van der Waals surface area contributed by atoms with Crippen LogP contribution in [0.25, 0.3) is 0 Å². The third-order valence-corrected chi connectivity index (χ3v) is 2.57. The largest absolute Gasteiger partial charge is 0.383 e. The molecule has 6 heteroatoms. The molecule has 0 aromatic carbocycles. The van der Waals surface area contributed by atoms with Gasteiger partial charge >= 0.3 is 0 Å². The minimum Gasteiger partial charge on any atom is -0.383 e. The zero-order chi connectivity index (χ0) is 12.2. The first-order valence-corrected chi connectivity index (χ1v) is 5.35. The lowest BCUT2D eigenvalue weighted by molar-refractivity contribution is 0.0343. The quantitative estimate of drug-likeness (QED) is 0.776. The van der Waals surface area contributed by atoms with Crippen LogP contribution in [0.5, 0.6) is 0 Å². The number of rotatable bonds is 5. The molecule has 0 fully saturated rings. The van der Waals surface area contributed by atoms with Gasteiger partial charge in [-0.2, -0.15) is 0 Å². The Morgan fingerprint density at radius 3 is 2.69 bits per heavy atom. The first-order valence-electron chi connectivity index (χ1n) is 4.97. The zero-order valence-corrected chi connectivity index (χ0v) is 10.7. The minimum absolute atomic E-state index is 0.261. The summed E-state index contributed by atoms with van der Waals surface area (Å²) in [5.41, 5.74) is 0.429. The van der Waals surface area contributed by atoms with Gasteiger partial charge in [0.25, 0.3) is 0 Å². The topological polar surface area (TPSA) is 59.1 Å². The summed E-state index contributed by atoms with van der Waals surface area (Å²) in [4.78, 5) is 8.02. The van der Waals surface area contributed by atoms with Crippen molar-refractivity contribution in [3.8, 4) is 0 Å². The Bertz CT molecular complexity index is 357. The average molecular weight is 245 g/mol. The molecule has 5 nitrogen and oxygen atoms in total. The van der Waals surface area contributed by atoms with Gasteiger partial charge in [0.1, 0.15) is 12.0 Å². The monoisotopic (exact) mass is 244 g/mol. The van der Waals surface area contributed by atoms with Gasteiger partial charge in [-0.25, -0.2) is 9.97 Å². The van der Waals surface area contributed by atoms with E-state index >= 15 is 0 Å². The Balaban J connectivity index is 2.78. The van der Waals surface area contributed by atoms with Crippen molar-refractivity contribution in [2.45, 2.75) is 19.4 Å². The molecule has 1 aromatic rings. The summed E-state index contributed by atoms with van der Waals surface area (Å²) in [6.45, 7) is 4.61. The maximum atomic E-state index is 5.93. The maximum Gasteiger partial charge on any atom is 0.157 e. The molecule has 0 saturated carbocycles. The van der Waals surface area contributed by atoms with Gasteiger partial charge < -0.3 is 15.4 Å². The third kappa shape index (κ3) is 3.21. The summed E-state index contributed by atoms with van der Waals surface area (Å²) >= 11 is 5.93.